The fourth-order valence-electron chi connectivity index (χ4n) is 2.02. The quantitative estimate of drug-likeness (QED) is 0.813. The molecule has 2 N–H and O–H groups in total. The Balaban J connectivity index is 2.27. The average molecular weight is 240 g/mol. The highest BCUT2D eigenvalue weighted by Crippen LogP contribution is 2.25. The number of aromatic nitrogens is 1. The molecule has 0 radical (unpaired) electrons. The van der Waals surface area contributed by atoms with Crippen molar-refractivity contribution in [1.29, 1.82) is 0 Å². The molecule has 0 aromatic carbocycles. The largest absolute Gasteiger partial charge is 0.477 e. The van der Waals surface area contributed by atoms with E-state index in [4.69, 9.17) is 10.2 Å². The van der Waals surface area contributed by atoms with Crippen LogP contribution in [0.5, 0.6) is 0 Å². The van der Waals surface area contributed by atoms with Gasteiger partial charge in [-0.05, 0) is 12.1 Å². The third-order valence-electron chi connectivity index (χ3n) is 2.82. The van der Waals surface area contributed by atoms with E-state index in [-0.39, 0.29) is 31.3 Å². The number of aromatic carboxylic acids is 1. The number of anilines is 1. The molecule has 17 heavy (non-hydrogen) atoms. The Bertz CT molecular complexity index is 427. The van der Waals surface area contributed by atoms with Gasteiger partial charge in [0.1, 0.15) is 12.0 Å². The number of rotatable bonds is 3. The number of pyridine rings is 1. The zero-order chi connectivity index (χ0) is 12.4. The summed E-state index contributed by atoms with van der Waals surface area (Å²) in [5.74, 6) is -0.729. The Morgan fingerprint density at radius 3 is 3.00 bits per heavy atom. The van der Waals surface area contributed by atoms with E-state index in [1.165, 1.54) is 6.07 Å². The first kappa shape index (κ1) is 11.8. The standard InChI is InChI=1S/C11H13FN2O3/c12-7-4-8(6-15)14(5-7)10-3-1-2-9(13-10)11(16)17/h1-3,7-8,15H,4-6H2,(H,16,17)/t7-,8-/m0/s1. The number of halogens is 1. The van der Waals surface area contributed by atoms with Crippen LogP contribution in [-0.2, 0) is 0 Å². The summed E-state index contributed by atoms with van der Waals surface area (Å²) in [6.45, 7) is -0.0271. The zero-order valence-electron chi connectivity index (χ0n) is 9.08. The maximum Gasteiger partial charge on any atom is 0.354 e. The molecule has 5 nitrogen and oxygen atoms in total. The van der Waals surface area contributed by atoms with Crippen LogP contribution in [0.15, 0.2) is 18.2 Å². The second-order valence-corrected chi connectivity index (χ2v) is 4.01. The third-order valence-corrected chi connectivity index (χ3v) is 2.82. The molecule has 1 aliphatic heterocycles. The minimum atomic E-state index is -1.12. The van der Waals surface area contributed by atoms with Crippen LogP contribution in [0.3, 0.4) is 0 Å². The Hall–Kier alpha value is -1.69. The van der Waals surface area contributed by atoms with Gasteiger partial charge in [-0.1, -0.05) is 6.07 Å². The zero-order valence-corrected chi connectivity index (χ0v) is 9.08. The Morgan fingerprint density at radius 1 is 1.59 bits per heavy atom. The van der Waals surface area contributed by atoms with Crippen LogP contribution in [0.25, 0.3) is 0 Å². The van der Waals surface area contributed by atoms with Crippen LogP contribution in [0.2, 0.25) is 0 Å². The number of nitrogens with zero attached hydrogens (tertiary/aromatic N) is 2. The SMILES string of the molecule is O=C(O)c1cccc(N2C[C@@H](F)C[C@H]2CO)n1. The van der Waals surface area contributed by atoms with Crippen LogP contribution in [0.1, 0.15) is 16.9 Å². The number of aliphatic hydroxyl groups excluding tert-OH is 1. The second kappa shape index (κ2) is 4.67. The van der Waals surface area contributed by atoms with Gasteiger partial charge in [0.05, 0.1) is 19.2 Å². The predicted octanol–water partition coefficient (Wildman–Crippen LogP) is 0.689. The van der Waals surface area contributed by atoms with E-state index < -0.39 is 12.1 Å². The van der Waals surface area contributed by atoms with E-state index in [1.54, 1.807) is 17.0 Å². The molecule has 2 atom stereocenters. The fourth-order valence-corrected chi connectivity index (χ4v) is 2.02. The van der Waals surface area contributed by atoms with Gasteiger partial charge in [0.15, 0.2) is 5.69 Å². The number of aliphatic hydroxyl groups is 1. The predicted molar refractivity (Wildman–Crippen MR) is 58.9 cm³/mol. The van der Waals surface area contributed by atoms with Crippen LogP contribution < -0.4 is 4.90 Å². The maximum atomic E-state index is 13.3. The molecule has 0 spiro atoms. The molecule has 2 heterocycles. The number of carboxylic acids is 1. The first-order chi connectivity index (χ1) is 8.11. The molecular formula is C11H13FN2O3. The molecule has 2 rings (SSSR count). The van der Waals surface area contributed by atoms with Crippen molar-refractivity contribution in [3.8, 4) is 0 Å². The molecule has 1 fully saturated rings. The van der Waals surface area contributed by atoms with Crippen molar-refractivity contribution >= 4 is 11.8 Å². The second-order valence-electron chi connectivity index (χ2n) is 4.01. The highest BCUT2D eigenvalue weighted by atomic mass is 19.1. The lowest BCUT2D eigenvalue weighted by Gasteiger charge is -2.23. The van der Waals surface area contributed by atoms with Gasteiger partial charge in [0.2, 0.25) is 0 Å². The van der Waals surface area contributed by atoms with Gasteiger partial charge in [-0.2, -0.15) is 0 Å². The van der Waals surface area contributed by atoms with Gasteiger partial charge in [0.25, 0.3) is 0 Å². The van der Waals surface area contributed by atoms with Crippen molar-refractivity contribution in [3.05, 3.63) is 23.9 Å². The fraction of sp³-hybridized carbons (Fsp3) is 0.455. The highest BCUT2D eigenvalue weighted by molar-refractivity contribution is 5.85. The van der Waals surface area contributed by atoms with Crippen molar-refractivity contribution in [3.63, 3.8) is 0 Å². The van der Waals surface area contributed by atoms with Crippen molar-refractivity contribution in [2.45, 2.75) is 18.6 Å². The molecule has 1 aromatic rings. The number of hydrogen-bond acceptors (Lipinski definition) is 4. The summed E-state index contributed by atoms with van der Waals surface area (Å²) in [6.07, 6.45) is -0.766. The molecule has 1 aliphatic rings. The topological polar surface area (TPSA) is 73.7 Å². The first-order valence-corrected chi connectivity index (χ1v) is 5.33. The third kappa shape index (κ3) is 2.36. The average Bonchev–Trinajstić information content (AvgIpc) is 2.70. The Labute approximate surface area is 97.5 Å². The summed E-state index contributed by atoms with van der Waals surface area (Å²) >= 11 is 0. The maximum absolute atomic E-state index is 13.3. The molecule has 1 saturated heterocycles. The molecule has 0 unspecified atom stereocenters. The minimum absolute atomic E-state index is 0.0819. The van der Waals surface area contributed by atoms with E-state index in [0.717, 1.165) is 0 Å². The molecular weight excluding hydrogens is 227 g/mol. The van der Waals surface area contributed by atoms with Crippen LogP contribution in [0, 0.1) is 0 Å². The lowest BCUT2D eigenvalue weighted by molar-refractivity contribution is 0.0690. The number of carboxylic acid groups (broad SMARTS) is 1. The van der Waals surface area contributed by atoms with Crippen molar-refractivity contribution in [1.82, 2.24) is 4.98 Å². The van der Waals surface area contributed by atoms with Crippen LogP contribution in [0.4, 0.5) is 10.2 Å². The van der Waals surface area contributed by atoms with Gasteiger partial charge in [-0.3, -0.25) is 0 Å². The molecule has 6 heteroatoms. The van der Waals surface area contributed by atoms with Crippen molar-refractivity contribution in [2.24, 2.45) is 0 Å². The van der Waals surface area contributed by atoms with Gasteiger partial charge in [0, 0.05) is 6.42 Å². The molecule has 0 bridgehead atoms. The van der Waals surface area contributed by atoms with Gasteiger partial charge < -0.3 is 15.1 Å². The lowest BCUT2D eigenvalue weighted by Crippen LogP contribution is -2.33. The van der Waals surface area contributed by atoms with Crippen LogP contribution in [-0.4, -0.2) is 46.5 Å². The highest BCUT2D eigenvalue weighted by Gasteiger charge is 2.32. The summed E-state index contributed by atoms with van der Waals surface area (Å²) in [7, 11) is 0. The summed E-state index contributed by atoms with van der Waals surface area (Å²) in [5.41, 5.74) is -0.0819. The molecule has 0 saturated carbocycles. The van der Waals surface area contributed by atoms with Gasteiger partial charge in [-0.15, -0.1) is 0 Å². The van der Waals surface area contributed by atoms with Crippen molar-refractivity contribution < 1.29 is 19.4 Å². The van der Waals surface area contributed by atoms with Crippen LogP contribution >= 0.6 is 0 Å². The van der Waals surface area contributed by atoms with Gasteiger partial charge >= 0.3 is 5.97 Å². The van der Waals surface area contributed by atoms with E-state index in [2.05, 4.69) is 4.98 Å². The normalized spacial score (nSPS) is 24.0. The molecule has 0 amide bonds. The van der Waals surface area contributed by atoms with E-state index in [9.17, 15) is 9.18 Å². The van der Waals surface area contributed by atoms with E-state index >= 15 is 0 Å². The lowest BCUT2D eigenvalue weighted by atomic mass is 10.2. The monoisotopic (exact) mass is 240 g/mol. The van der Waals surface area contributed by atoms with Gasteiger partial charge in [-0.25, -0.2) is 14.2 Å². The summed E-state index contributed by atoms with van der Waals surface area (Å²) in [6, 6.07) is 4.23. The molecule has 1 aromatic heterocycles. The Kier molecular flexibility index (Phi) is 3.23. The number of carbonyl (C=O) groups is 1. The smallest absolute Gasteiger partial charge is 0.354 e. The number of alkyl halides is 1. The summed E-state index contributed by atoms with van der Waals surface area (Å²) < 4.78 is 13.3. The van der Waals surface area contributed by atoms with E-state index in [0.29, 0.717) is 5.82 Å². The Morgan fingerprint density at radius 2 is 2.35 bits per heavy atom. The summed E-state index contributed by atoms with van der Waals surface area (Å²) in [4.78, 5) is 16.3. The van der Waals surface area contributed by atoms with Crippen molar-refractivity contribution in [2.75, 3.05) is 18.1 Å². The molecule has 0 aliphatic carbocycles. The summed E-state index contributed by atoms with van der Waals surface area (Å²) in [5, 5.41) is 18.0. The first-order valence-electron chi connectivity index (χ1n) is 5.33. The number of hydrogen-bond donors (Lipinski definition) is 2. The molecule has 92 valence electrons. The van der Waals surface area contributed by atoms with E-state index in [1.807, 2.05) is 0 Å². The minimum Gasteiger partial charge on any atom is -0.477 e.